The Balaban J connectivity index is 1.87. The Morgan fingerprint density at radius 3 is 3.11 bits per heavy atom. The maximum atomic E-state index is 12.6. The minimum atomic E-state index is 0.0718. The fraction of sp³-hybridized carbons (Fsp3) is 0.286. The molecular formula is C14H13BrN2OS. The number of hydrogen-bond acceptors (Lipinski definition) is 3. The largest absolute Gasteiger partial charge is 0.332 e. The molecule has 5 heteroatoms. The summed E-state index contributed by atoms with van der Waals surface area (Å²) in [6, 6.07) is 4.16. The normalized spacial score (nSPS) is 18.8. The molecule has 1 saturated heterocycles. The Bertz CT molecular complexity index is 585. The highest BCUT2D eigenvalue weighted by Crippen LogP contribution is 2.34. The van der Waals surface area contributed by atoms with E-state index in [4.69, 9.17) is 0 Å². The molecule has 98 valence electrons. The summed E-state index contributed by atoms with van der Waals surface area (Å²) in [5.74, 6) is 0.0718. The summed E-state index contributed by atoms with van der Waals surface area (Å²) in [5.41, 5.74) is 1.90. The van der Waals surface area contributed by atoms with Crippen LogP contribution in [0.3, 0.4) is 0 Å². The maximum absolute atomic E-state index is 12.6. The molecule has 0 spiro atoms. The molecule has 1 fully saturated rings. The van der Waals surface area contributed by atoms with Gasteiger partial charge in [0.15, 0.2) is 0 Å². The standard InChI is InChI=1S/C14H13BrN2OS/c15-12-6-11(7-16-8-12)14(18)17-4-1-2-13(17)10-3-5-19-9-10/h3,5-9,13H,1-2,4H2. The molecule has 3 rings (SSSR count). The Morgan fingerprint density at radius 2 is 2.37 bits per heavy atom. The van der Waals surface area contributed by atoms with E-state index < -0.39 is 0 Å². The number of halogens is 1. The van der Waals surface area contributed by atoms with E-state index >= 15 is 0 Å². The molecular weight excluding hydrogens is 324 g/mol. The third-order valence-electron chi connectivity index (χ3n) is 3.39. The number of likely N-dealkylation sites (tertiary alicyclic amines) is 1. The second-order valence-corrected chi connectivity index (χ2v) is 6.30. The van der Waals surface area contributed by atoms with E-state index in [0.29, 0.717) is 5.56 Å². The summed E-state index contributed by atoms with van der Waals surface area (Å²) >= 11 is 5.04. The molecule has 2 aromatic rings. The van der Waals surface area contributed by atoms with E-state index in [9.17, 15) is 4.79 Å². The Hall–Kier alpha value is -1.20. The van der Waals surface area contributed by atoms with Gasteiger partial charge < -0.3 is 4.90 Å². The van der Waals surface area contributed by atoms with Gasteiger partial charge in [-0.05, 0) is 57.2 Å². The summed E-state index contributed by atoms with van der Waals surface area (Å²) in [4.78, 5) is 18.6. The van der Waals surface area contributed by atoms with Gasteiger partial charge in [0, 0.05) is 23.4 Å². The van der Waals surface area contributed by atoms with Crippen LogP contribution in [0.1, 0.15) is 34.8 Å². The van der Waals surface area contributed by atoms with Crippen LogP contribution >= 0.6 is 27.3 Å². The fourth-order valence-electron chi connectivity index (χ4n) is 2.52. The molecule has 1 aliphatic rings. The Kier molecular flexibility index (Phi) is 3.66. The number of nitrogens with zero attached hydrogens (tertiary/aromatic N) is 2. The molecule has 1 atom stereocenters. The predicted octanol–water partition coefficient (Wildman–Crippen LogP) is 3.88. The van der Waals surface area contributed by atoms with Crippen molar-refractivity contribution in [2.45, 2.75) is 18.9 Å². The van der Waals surface area contributed by atoms with E-state index in [2.05, 4.69) is 37.7 Å². The third-order valence-corrected chi connectivity index (χ3v) is 4.53. The summed E-state index contributed by atoms with van der Waals surface area (Å²) in [6.45, 7) is 0.825. The number of rotatable bonds is 2. The van der Waals surface area contributed by atoms with Gasteiger partial charge in [0.2, 0.25) is 0 Å². The van der Waals surface area contributed by atoms with E-state index in [1.807, 2.05) is 11.0 Å². The molecule has 0 radical (unpaired) electrons. The summed E-state index contributed by atoms with van der Waals surface area (Å²) in [7, 11) is 0. The quantitative estimate of drug-likeness (QED) is 0.833. The summed E-state index contributed by atoms with van der Waals surface area (Å²) in [6.07, 6.45) is 5.44. The lowest BCUT2D eigenvalue weighted by atomic mass is 10.1. The van der Waals surface area contributed by atoms with Crippen molar-refractivity contribution in [1.29, 1.82) is 0 Å². The number of carbonyl (C=O) groups excluding carboxylic acids is 1. The minimum Gasteiger partial charge on any atom is -0.332 e. The van der Waals surface area contributed by atoms with E-state index in [0.717, 1.165) is 23.9 Å². The van der Waals surface area contributed by atoms with Crippen molar-refractivity contribution in [2.75, 3.05) is 6.54 Å². The molecule has 0 saturated carbocycles. The zero-order chi connectivity index (χ0) is 13.2. The highest BCUT2D eigenvalue weighted by molar-refractivity contribution is 9.10. The molecule has 2 aromatic heterocycles. The Morgan fingerprint density at radius 1 is 1.47 bits per heavy atom. The summed E-state index contributed by atoms with van der Waals surface area (Å²) < 4.78 is 0.838. The highest BCUT2D eigenvalue weighted by Gasteiger charge is 2.30. The van der Waals surface area contributed by atoms with Crippen molar-refractivity contribution in [3.63, 3.8) is 0 Å². The van der Waals surface area contributed by atoms with Crippen molar-refractivity contribution in [3.05, 3.63) is 50.9 Å². The van der Waals surface area contributed by atoms with Gasteiger partial charge in [-0.15, -0.1) is 0 Å². The first-order chi connectivity index (χ1) is 9.25. The van der Waals surface area contributed by atoms with E-state index in [1.54, 1.807) is 23.7 Å². The van der Waals surface area contributed by atoms with Crippen LogP contribution in [-0.4, -0.2) is 22.3 Å². The molecule has 1 aliphatic heterocycles. The predicted molar refractivity (Wildman–Crippen MR) is 79.3 cm³/mol. The van der Waals surface area contributed by atoms with Crippen molar-refractivity contribution in [2.24, 2.45) is 0 Å². The second-order valence-electron chi connectivity index (χ2n) is 4.61. The van der Waals surface area contributed by atoms with Gasteiger partial charge in [-0.25, -0.2) is 0 Å². The SMILES string of the molecule is O=C(c1cncc(Br)c1)N1CCCC1c1ccsc1. The van der Waals surface area contributed by atoms with Crippen LogP contribution in [0.4, 0.5) is 0 Å². The lowest BCUT2D eigenvalue weighted by Crippen LogP contribution is -2.30. The monoisotopic (exact) mass is 336 g/mol. The van der Waals surface area contributed by atoms with Crippen molar-refractivity contribution in [1.82, 2.24) is 9.88 Å². The van der Waals surface area contributed by atoms with Crippen LogP contribution in [0.15, 0.2) is 39.8 Å². The van der Waals surface area contributed by atoms with Crippen LogP contribution in [0.2, 0.25) is 0 Å². The average Bonchev–Trinajstić information content (AvgIpc) is 3.08. The summed E-state index contributed by atoms with van der Waals surface area (Å²) in [5, 5.41) is 4.20. The van der Waals surface area contributed by atoms with Crippen LogP contribution in [0.25, 0.3) is 0 Å². The first-order valence-electron chi connectivity index (χ1n) is 6.19. The number of pyridine rings is 1. The fourth-order valence-corrected chi connectivity index (χ4v) is 3.59. The van der Waals surface area contributed by atoms with Gasteiger partial charge in [0.1, 0.15) is 0 Å². The number of carbonyl (C=O) groups is 1. The van der Waals surface area contributed by atoms with Crippen molar-refractivity contribution < 1.29 is 4.79 Å². The minimum absolute atomic E-state index is 0.0718. The molecule has 0 N–H and O–H groups in total. The van der Waals surface area contributed by atoms with Crippen LogP contribution in [-0.2, 0) is 0 Å². The van der Waals surface area contributed by atoms with E-state index in [1.165, 1.54) is 5.56 Å². The van der Waals surface area contributed by atoms with Crippen LogP contribution < -0.4 is 0 Å². The van der Waals surface area contributed by atoms with Gasteiger partial charge in [-0.3, -0.25) is 9.78 Å². The van der Waals surface area contributed by atoms with Crippen LogP contribution in [0, 0.1) is 0 Å². The lowest BCUT2D eigenvalue weighted by molar-refractivity contribution is 0.0735. The molecule has 3 heterocycles. The Labute approximate surface area is 124 Å². The van der Waals surface area contributed by atoms with Gasteiger partial charge in [-0.2, -0.15) is 11.3 Å². The number of amides is 1. The first kappa shape index (κ1) is 12.8. The molecule has 3 nitrogen and oxygen atoms in total. The first-order valence-corrected chi connectivity index (χ1v) is 7.93. The van der Waals surface area contributed by atoms with Crippen LogP contribution in [0.5, 0.6) is 0 Å². The number of aromatic nitrogens is 1. The number of hydrogen-bond donors (Lipinski definition) is 0. The topological polar surface area (TPSA) is 33.2 Å². The van der Waals surface area contributed by atoms with Gasteiger partial charge in [0.25, 0.3) is 5.91 Å². The van der Waals surface area contributed by atoms with Crippen molar-refractivity contribution >= 4 is 33.2 Å². The second kappa shape index (κ2) is 5.43. The lowest BCUT2D eigenvalue weighted by Gasteiger charge is -2.24. The van der Waals surface area contributed by atoms with Gasteiger partial charge in [-0.1, -0.05) is 0 Å². The zero-order valence-electron chi connectivity index (χ0n) is 10.3. The van der Waals surface area contributed by atoms with Crippen molar-refractivity contribution in [3.8, 4) is 0 Å². The van der Waals surface area contributed by atoms with Gasteiger partial charge >= 0.3 is 0 Å². The average molecular weight is 337 g/mol. The molecule has 1 unspecified atom stereocenters. The smallest absolute Gasteiger partial charge is 0.255 e. The van der Waals surface area contributed by atoms with E-state index in [-0.39, 0.29) is 11.9 Å². The number of thiophene rings is 1. The maximum Gasteiger partial charge on any atom is 0.255 e. The molecule has 0 bridgehead atoms. The zero-order valence-corrected chi connectivity index (χ0v) is 12.7. The highest BCUT2D eigenvalue weighted by atomic mass is 79.9. The van der Waals surface area contributed by atoms with Gasteiger partial charge in [0.05, 0.1) is 11.6 Å². The third kappa shape index (κ3) is 2.58. The molecule has 19 heavy (non-hydrogen) atoms. The molecule has 0 aromatic carbocycles. The molecule has 1 amide bonds. The molecule has 0 aliphatic carbocycles.